The van der Waals surface area contributed by atoms with Crippen molar-refractivity contribution in [3.05, 3.63) is 168 Å². The highest BCUT2D eigenvalue weighted by molar-refractivity contribution is 6.10. The minimum absolute atomic E-state index is 0.0885. The lowest BCUT2D eigenvalue weighted by molar-refractivity contribution is 0.103. The molecule has 0 saturated heterocycles. The Balaban J connectivity index is 1.07. The molecule has 0 bridgehead atoms. The zero-order valence-corrected chi connectivity index (χ0v) is 30.3. The number of para-hydroxylation sites is 4. The van der Waals surface area contributed by atoms with Gasteiger partial charge in [-0.3, -0.25) is 9.59 Å². The van der Waals surface area contributed by atoms with Gasteiger partial charge in [-0.2, -0.15) is 0 Å². The highest BCUT2D eigenvalue weighted by atomic mass is 16.5. The molecule has 0 aromatic heterocycles. The van der Waals surface area contributed by atoms with Crippen molar-refractivity contribution in [3.8, 4) is 45.6 Å². The molecule has 0 aliphatic carbocycles. The SMILES string of the molecule is CC(C)(C)Oc1ccccc1Oc1ccc(C(=O)c2ccc(-c3ccc(C(=O)c4ccc(Oc5ccccc5OC(C)(C)C)cc4)cc3)cc2)cc1. The summed E-state index contributed by atoms with van der Waals surface area (Å²) in [6.45, 7) is 11.9. The minimum atomic E-state index is -0.365. The standard InChI is InChI=1S/C46H42O6/c1-45(2,3)51-41-13-9-7-11-39(41)49-37-27-23-35(24-28-37)43(47)33-19-15-31(16-20-33)32-17-21-34(22-18-32)44(48)36-25-29-38(30-26-36)50-40-12-8-10-14-42(40)52-46(4,5)6/h7-30H,1-6H3. The van der Waals surface area contributed by atoms with Crippen LogP contribution in [0.3, 0.4) is 0 Å². The van der Waals surface area contributed by atoms with Crippen LogP contribution in [0.1, 0.15) is 73.4 Å². The Labute approximate surface area is 305 Å². The van der Waals surface area contributed by atoms with Gasteiger partial charge in [-0.25, -0.2) is 0 Å². The maximum absolute atomic E-state index is 13.3. The van der Waals surface area contributed by atoms with E-state index >= 15 is 0 Å². The second-order valence-electron chi connectivity index (χ2n) is 14.4. The second kappa shape index (κ2) is 15.0. The predicted molar refractivity (Wildman–Crippen MR) is 205 cm³/mol. The average Bonchev–Trinajstić information content (AvgIpc) is 3.12. The fourth-order valence-electron chi connectivity index (χ4n) is 5.46. The molecule has 0 amide bonds. The summed E-state index contributed by atoms with van der Waals surface area (Å²) in [5.41, 5.74) is 3.41. The van der Waals surface area contributed by atoms with Gasteiger partial charge in [0.1, 0.15) is 22.7 Å². The van der Waals surface area contributed by atoms with Crippen LogP contribution in [-0.2, 0) is 0 Å². The first kappa shape index (κ1) is 35.7. The van der Waals surface area contributed by atoms with E-state index in [9.17, 15) is 9.59 Å². The molecular formula is C46H42O6. The molecule has 0 atom stereocenters. The third kappa shape index (κ3) is 9.15. The Hall–Kier alpha value is -6.14. The Morgan fingerprint density at radius 3 is 0.923 bits per heavy atom. The molecule has 0 N–H and O–H groups in total. The van der Waals surface area contributed by atoms with Crippen molar-refractivity contribution in [2.24, 2.45) is 0 Å². The van der Waals surface area contributed by atoms with E-state index < -0.39 is 0 Å². The van der Waals surface area contributed by atoms with Crippen molar-refractivity contribution in [1.82, 2.24) is 0 Å². The predicted octanol–water partition coefficient (Wildman–Crippen LogP) is 11.8. The summed E-state index contributed by atoms with van der Waals surface area (Å²) in [7, 11) is 0. The van der Waals surface area contributed by atoms with Crippen molar-refractivity contribution < 1.29 is 28.5 Å². The van der Waals surface area contributed by atoms with Crippen molar-refractivity contribution in [2.75, 3.05) is 0 Å². The first-order valence-corrected chi connectivity index (χ1v) is 17.2. The third-order valence-corrected chi connectivity index (χ3v) is 7.85. The molecule has 0 unspecified atom stereocenters. The van der Waals surface area contributed by atoms with Crippen LogP contribution < -0.4 is 18.9 Å². The number of ketones is 2. The van der Waals surface area contributed by atoms with Gasteiger partial charge in [-0.1, -0.05) is 72.8 Å². The van der Waals surface area contributed by atoms with E-state index in [4.69, 9.17) is 18.9 Å². The molecule has 6 heteroatoms. The molecule has 6 aromatic rings. The maximum atomic E-state index is 13.3. The van der Waals surface area contributed by atoms with Gasteiger partial charge in [0.2, 0.25) is 0 Å². The highest BCUT2D eigenvalue weighted by Crippen LogP contribution is 2.35. The van der Waals surface area contributed by atoms with Gasteiger partial charge in [0.15, 0.2) is 34.6 Å². The summed E-state index contributed by atoms with van der Waals surface area (Å²) in [5.74, 6) is 3.55. The Morgan fingerprint density at radius 1 is 0.365 bits per heavy atom. The lowest BCUT2D eigenvalue weighted by atomic mass is 9.97. The number of carbonyl (C=O) groups excluding carboxylic acids is 2. The zero-order valence-electron chi connectivity index (χ0n) is 30.3. The molecule has 6 rings (SSSR count). The largest absolute Gasteiger partial charge is 0.484 e. The van der Waals surface area contributed by atoms with Crippen molar-refractivity contribution >= 4 is 11.6 Å². The van der Waals surface area contributed by atoms with Crippen LogP contribution in [0.4, 0.5) is 0 Å². The Bertz CT molecular complexity index is 1990. The number of ether oxygens (including phenoxy) is 4. The van der Waals surface area contributed by atoms with Gasteiger partial charge in [0.05, 0.1) is 0 Å². The molecular weight excluding hydrogens is 648 g/mol. The molecule has 52 heavy (non-hydrogen) atoms. The normalized spacial score (nSPS) is 11.4. The number of hydrogen-bond acceptors (Lipinski definition) is 6. The summed E-state index contributed by atoms with van der Waals surface area (Å²) in [6.07, 6.45) is 0. The number of benzene rings is 6. The van der Waals surface area contributed by atoms with Gasteiger partial charge < -0.3 is 18.9 Å². The number of hydrogen-bond donors (Lipinski definition) is 0. The molecule has 6 aromatic carbocycles. The van der Waals surface area contributed by atoms with E-state index in [0.29, 0.717) is 56.8 Å². The molecule has 0 radical (unpaired) electrons. The van der Waals surface area contributed by atoms with Crippen LogP contribution in [0.2, 0.25) is 0 Å². The van der Waals surface area contributed by atoms with E-state index in [0.717, 1.165) is 11.1 Å². The van der Waals surface area contributed by atoms with Gasteiger partial charge >= 0.3 is 0 Å². The van der Waals surface area contributed by atoms with Crippen LogP contribution in [-0.4, -0.2) is 22.8 Å². The van der Waals surface area contributed by atoms with E-state index in [2.05, 4.69) is 0 Å². The highest BCUT2D eigenvalue weighted by Gasteiger charge is 2.18. The van der Waals surface area contributed by atoms with Crippen molar-refractivity contribution in [1.29, 1.82) is 0 Å². The summed E-state index contributed by atoms with van der Waals surface area (Å²) in [4.78, 5) is 26.6. The fourth-order valence-corrected chi connectivity index (χ4v) is 5.46. The van der Waals surface area contributed by atoms with E-state index in [1.807, 2.05) is 139 Å². The van der Waals surface area contributed by atoms with E-state index in [1.54, 1.807) is 48.5 Å². The lowest BCUT2D eigenvalue weighted by Gasteiger charge is -2.23. The average molecular weight is 691 g/mol. The van der Waals surface area contributed by atoms with Crippen LogP contribution in [0, 0.1) is 0 Å². The summed E-state index contributed by atoms with van der Waals surface area (Å²) >= 11 is 0. The van der Waals surface area contributed by atoms with Crippen LogP contribution in [0.25, 0.3) is 11.1 Å². The number of carbonyl (C=O) groups is 2. The molecule has 6 nitrogen and oxygen atoms in total. The smallest absolute Gasteiger partial charge is 0.193 e. The van der Waals surface area contributed by atoms with Gasteiger partial charge in [-0.15, -0.1) is 0 Å². The molecule has 262 valence electrons. The van der Waals surface area contributed by atoms with Gasteiger partial charge in [0, 0.05) is 22.3 Å². The van der Waals surface area contributed by atoms with Crippen LogP contribution in [0.5, 0.6) is 34.5 Å². The fraction of sp³-hybridized carbons (Fsp3) is 0.174. The summed E-state index contributed by atoms with van der Waals surface area (Å²) in [6, 6.07) is 44.1. The Kier molecular flexibility index (Phi) is 10.3. The molecule has 0 aliphatic rings. The quantitative estimate of drug-likeness (QED) is 0.126. The first-order valence-electron chi connectivity index (χ1n) is 17.2. The Morgan fingerprint density at radius 2 is 0.635 bits per heavy atom. The van der Waals surface area contributed by atoms with Crippen molar-refractivity contribution in [2.45, 2.75) is 52.7 Å². The van der Waals surface area contributed by atoms with Crippen LogP contribution in [0.15, 0.2) is 146 Å². The molecule has 0 aliphatic heterocycles. The molecule has 0 heterocycles. The topological polar surface area (TPSA) is 71.1 Å². The van der Waals surface area contributed by atoms with E-state index in [1.165, 1.54) is 0 Å². The first-order chi connectivity index (χ1) is 24.8. The molecule has 0 saturated carbocycles. The molecule has 0 spiro atoms. The maximum Gasteiger partial charge on any atom is 0.193 e. The monoisotopic (exact) mass is 690 g/mol. The van der Waals surface area contributed by atoms with Gasteiger partial charge in [-0.05, 0) is 125 Å². The third-order valence-electron chi connectivity index (χ3n) is 7.85. The van der Waals surface area contributed by atoms with Crippen LogP contribution >= 0.6 is 0 Å². The summed E-state index contributed by atoms with van der Waals surface area (Å²) < 4.78 is 24.2. The lowest BCUT2D eigenvalue weighted by Crippen LogP contribution is -2.23. The molecule has 0 fully saturated rings. The number of rotatable bonds is 11. The van der Waals surface area contributed by atoms with Crippen molar-refractivity contribution in [3.63, 3.8) is 0 Å². The van der Waals surface area contributed by atoms with E-state index in [-0.39, 0.29) is 22.8 Å². The minimum Gasteiger partial charge on any atom is -0.484 e. The second-order valence-corrected chi connectivity index (χ2v) is 14.4. The van der Waals surface area contributed by atoms with Gasteiger partial charge in [0.25, 0.3) is 0 Å². The summed E-state index contributed by atoms with van der Waals surface area (Å²) in [5, 5.41) is 0. The zero-order chi connectivity index (χ0) is 36.9.